The molecule has 2 heterocycles. The molecule has 6 nitrogen and oxygen atoms in total. The Balaban J connectivity index is 2.41. The molecule has 0 saturated carbocycles. The van der Waals surface area contributed by atoms with Crippen molar-refractivity contribution in [2.75, 3.05) is 0 Å². The summed E-state index contributed by atoms with van der Waals surface area (Å²) in [6.45, 7) is 2.04. The normalized spacial score (nSPS) is 12.6. The fraction of sp³-hybridized carbons (Fsp3) is 0.500. The molecule has 0 amide bonds. The highest BCUT2D eigenvalue weighted by atomic mass is 19.1. The monoisotopic (exact) mass is 265 g/mol. The molecule has 19 heavy (non-hydrogen) atoms. The van der Waals surface area contributed by atoms with Crippen molar-refractivity contribution < 1.29 is 9.50 Å². The smallest absolute Gasteiger partial charge is 0.213 e. The second kappa shape index (κ2) is 5.83. The zero-order chi connectivity index (χ0) is 13.8. The van der Waals surface area contributed by atoms with E-state index in [0.717, 1.165) is 12.8 Å². The standard InChI is InChI=1S/C12H16FN5O/c1-3-4-5-9(19)8-6-7-10(13)14-11(8)12-15-16-17-18(12)2/h6-7,9,19H,3-5H2,1-2H3. The first kappa shape index (κ1) is 13.5. The van der Waals surface area contributed by atoms with E-state index in [0.29, 0.717) is 17.8 Å². The number of aryl methyl sites for hydroxylation is 1. The first-order valence-electron chi connectivity index (χ1n) is 6.20. The topological polar surface area (TPSA) is 76.7 Å². The van der Waals surface area contributed by atoms with E-state index in [2.05, 4.69) is 20.5 Å². The predicted octanol–water partition coefficient (Wildman–Crippen LogP) is 1.63. The SMILES string of the molecule is CCCCC(O)c1ccc(F)nc1-c1nnnn1C. The summed E-state index contributed by atoms with van der Waals surface area (Å²) in [5.74, 6) is -0.283. The lowest BCUT2D eigenvalue weighted by molar-refractivity contribution is 0.164. The quantitative estimate of drug-likeness (QED) is 0.831. The van der Waals surface area contributed by atoms with E-state index in [-0.39, 0.29) is 5.69 Å². The third kappa shape index (κ3) is 2.93. The number of halogens is 1. The highest BCUT2D eigenvalue weighted by Gasteiger charge is 2.19. The summed E-state index contributed by atoms with van der Waals surface area (Å²) in [5, 5.41) is 21.2. The van der Waals surface area contributed by atoms with Gasteiger partial charge in [-0.1, -0.05) is 19.8 Å². The molecule has 1 atom stereocenters. The van der Waals surface area contributed by atoms with Crippen molar-refractivity contribution in [3.8, 4) is 11.5 Å². The molecular weight excluding hydrogens is 249 g/mol. The van der Waals surface area contributed by atoms with Gasteiger partial charge in [-0.05, 0) is 29.0 Å². The lowest BCUT2D eigenvalue weighted by Gasteiger charge is -2.13. The van der Waals surface area contributed by atoms with E-state index in [1.807, 2.05) is 6.92 Å². The Labute approximate surface area is 110 Å². The van der Waals surface area contributed by atoms with Crippen LogP contribution in [0.1, 0.15) is 37.9 Å². The molecule has 102 valence electrons. The maximum absolute atomic E-state index is 13.3. The Morgan fingerprint density at radius 1 is 1.42 bits per heavy atom. The molecule has 0 aliphatic heterocycles. The first-order valence-corrected chi connectivity index (χ1v) is 6.20. The van der Waals surface area contributed by atoms with E-state index < -0.39 is 12.1 Å². The van der Waals surface area contributed by atoms with Crippen molar-refractivity contribution in [2.24, 2.45) is 7.05 Å². The first-order chi connectivity index (χ1) is 9.13. The van der Waals surface area contributed by atoms with E-state index >= 15 is 0 Å². The second-order valence-corrected chi connectivity index (χ2v) is 4.36. The Hall–Kier alpha value is -1.89. The van der Waals surface area contributed by atoms with Gasteiger partial charge in [-0.3, -0.25) is 0 Å². The maximum atomic E-state index is 13.3. The second-order valence-electron chi connectivity index (χ2n) is 4.36. The Morgan fingerprint density at radius 3 is 2.84 bits per heavy atom. The average Bonchev–Trinajstić information content (AvgIpc) is 2.82. The molecule has 0 fully saturated rings. The summed E-state index contributed by atoms with van der Waals surface area (Å²) in [6, 6.07) is 2.77. The molecule has 2 rings (SSSR count). The summed E-state index contributed by atoms with van der Waals surface area (Å²) in [5.41, 5.74) is 0.837. The summed E-state index contributed by atoms with van der Waals surface area (Å²) >= 11 is 0. The van der Waals surface area contributed by atoms with Gasteiger partial charge in [0.1, 0.15) is 5.69 Å². The van der Waals surface area contributed by atoms with E-state index in [1.165, 1.54) is 16.8 Å². The van der Waals surface area contributed by atoms with Crippen LogP contribution in [-0.2, 0) is 7.05 Å². The van der Waals surface area contributed by atoms with Crippen LogP contribution in [0.2, 0.25) is 0 Å². The maximum Gasteiger partial charge on any atom is 0.213 e. The van der Waals surface area contributed by atoms with Crippen LogP contribution < -0.4 is 0 Å². The molecule has 2 aromatic heterocycles. The number of aliphatic hydroxyl groups is 1. The van der Waals surface area contributed by atoms with E-state index in [4.69, 9.17) is 0 Å². The van der Waals surface area contributed by atoms with Gasteiger partial charge in [0.2, 0.25) is 11.8 Å². The zero-order valence-electron chi connectivity index (χ0n) is 10.9. The predicted molar refractivity (Wildman–Crippen MR) is 66.5 cm³/mol. The molecule has 0 aliphatic carbocycles. The molecule has 7 heteroatoms. The third-order valence-electron chi connectivity index (χ3n) is 2.91. The number of hydrogen-bond acceptors (Lipinski definition) is 5. The Bertz CT molecular complexity index is 557. The van der Waals surface area contributed by atoms with Gasteiger partial charge in [0, 0.05) is 12.6 Å². The molecule has 0 aliphatic rings. The lowest BCUT2D eigenvalue weighted by atomic mass is 10.0. The molecule has 0 radical (unpaired) electrons. The number of pyridine rings is 1. The molecule has 1 unspecified atom stereocenters. The summed E-state index contributed by atoms with van der Waals surface area (Å²) in [6.07, 6.45) is 1.77. The van der Waals surface area contributed by atoms with Crippen molar-refractivity contribution in [2.45, 2.75) is 32.3 Å². The van der Waals surface area contributed by atoms with Crippen molar-refractivity contribution in [1.82, 2.24) is 25.2 Å². The van der Waals surface area contributed by atoms with Crippen molar-refractivity contribution in [3.63, 3.8) is 0 Å². The van der Waals surface area contributed by atoms with Gasteiger partial charge in [-0.15, -0.1) is 5.10 Å². The van der Waals surface area contributed by atoms with Gasteiger partial charge < -0.3 is 5.11 Å². The average molecular weight is 265 g/mol. The molecule has 0 aromatic carbocycles. The summed E-state index contributed by atoms with van der Waals surface area (Å²) in [7, 11) is 1.64. The molecule has 2 aromatic rings. The number of rotatable bonds is 5. The largest absolute Gasteiger partial charge is 0.388 e. The fourth-order valence-corrected chi connectivity index (χ4v) is 1.88. The minimum Gasteiger partial charge on any atom is -0.388 e. The minimum absolute atomic E-state index is 0.288. The molecule has 0 bridgehead atoms. The summed E-state index contributed by atoms with van der Waals surface area (Å²) in [4.78, 5) is 3.82. The van der Waals surface area contributed by atoms with Crippen LogP contribution in [0, 0.1) is 5.95 Å². The highest BCUT2D eigenvalue weighted by molar-refractivity contribution is 5.55. The van der Waals surface area contributed by atoms with Gasteiger partial charge in [0.15, 0.2) is 0 Å². The van der Waals surface area contributed by atoms with Crippen LogP contribution in [0.5, 0.6) is 0 Å². The summed E-state index contributed by atoms with van der Waals surface area (Å²) < 4.78 is 14.7. The number of aromatic nitrogens is 5. The Morgan fingerprint density at radius 2 is 2.21 bits per heavy atom. The number of tetrazole rings is 1. The zero-order valence-corrected chi connectivity index (χ0v) is 10.9. The van der Waals surface area contributed by atoms with Crippen LogP contribution >= 0.6 is 0 Å². The third-order valence-corrected chi connectivity index (χ3v) is 2.91. The van der Waals surface area contributed by atoms with Gasteiger partial charge >= 0.3 is 0 Å². The molecule has 0 saturated heterocycles. The highest BCUT2D eigenvalue weighted by Crippen LogP contribution is 2.27. The molecule has 0 spiro atoms. The fourth-order valence-electron chi connectivity index (χ4n) is 1.88. The van der Waals surface area contributed by atoms with Crippen LogP contribution in [0.4, 0.5) is 4.39 Å². The van der Waals surface area contributed by atoms with Crippen LogP contribution in [0.25, 0.3) is 11.5 Å². The van der Waals surface area contributed by atoms with Crippen molar-refractivity contribution in [1.29, 1.82) is 0 Å². The van der Waals surface area contributed by atoms with Crippen LogP contribution in [-0.4, -0.2) is 30.3 Å². The molecule has 1 N–H and O–H groups in total. The number of nitrogens with zero attached hydrogens (tertiary/aromatic N) is 5. The van der Waals surface area contributed by atoms with E-state index in [9.17, 15) is 9.50 Å². The number of unbranched alkanes of at least 4 members (excludes halogenated alkanes) is 1. The Kier molecular flexibility index (Phi) is 4.16. The number of hydrogen-bond donors (Lipinski definition) is 1. The minimum atomic E-state index is -0.695. The van der Waals surface area contributed by atoms with Crippen molar-refractivity contribution in [3.05, 3.63) is 23.6 Å². The van der Waals surface area contributed by atoms with Gasteiger partial charge in [-0.2, -0.15) is 4.39 Å². The number of aliphatic hydroxyl groups excluding tert-OH is 1. The van der Waals surface area contributed by atoms with Gasteiger partial charge in [0.05, 0.1) is 6.10 Å². The molecular formula is C12H16FN5O. The van der Waals surface area contributed by atoms with Crippen LogP contribution in [0.3, 0.4) is 0 Å². The lowest BCUT2D eigenvalue weighted by Crippen LogP contribution is -2.06. The van der Waals surface area contributed by atoms with E-state index in [1.54, 1.807) is 7.05 Å². The van der Waals surface area contributed by atoms with Gasteiger partial charge in [-0.25, -0.2) is 9.67 Å². The van der Waals surface area contributed by atoms with Crippen LogP contribution in [0.15, 0.2) is 12.1 Å². The van der Waals surface area contributed by atoms with Gasteiger partial charge in [0.25, 0.3) is 0 Å². The van der Waals surface area contributed by atoms with Crippen molar-refractivity contribution >= 4 is 0 Å².